The highest BCUT2D eigenvalue weighted by molar-refractivity contribution is 9.10. The number of nitrogens with one attached hydrogen (secondary N) is 2. The molecule has 0 saturated carbocycles. The van der Waals surface area contributed by atoms with Gasteiger partial charge in [0, 0.05) is 18.0 Å². The van der Waals surface area contributed by atoms with Crippen molar-refractivity contribution < 1.29 is 18.7 Å². The van der Waals surface area contributed by atoms with Crippen molar-refractivity contribution in [3.8, 4) is 5.75 Å². The number of carbonyl (C=O) groups excluding carboxylic acids is 2. The van der Waals surface area contributed by atoms with Crippen LogP contribution in [0.25, 0.3) is 11.0 Å². The van der Waals surface area contributed by atoms with E-state index in [4.69, 9.17) is 9.15 Å². The Morgan fingerprint density at radius 1 is 1.12 bits per heavy atom. The van der Waals surface area contributed by atoms with Crippen LogP contribution in [0.3, 0.4) is 0 Å². The van der Waals surface area contributed by atoms with Crippen molar-refractivity contribution in [2.75, 3.05) is 17.7 Å². The third-order valence-corrected chi connectivity index (χ3v) is 4.11. The van der Waals surface area contributed by atoms with Crippen LogP contribution >= 0.6 is 15.9 Å². The van der Waals surface area contributed by atoms with Gasteiger partial charge in [0.15, 0.2) is 5.76 Å². The van der Waals surface area contributed by atoms with Crippen molar-refractivity contribution in [3.05, 3.63) is 52.7 Å². The van der Waals surface area contributed by atoms with Crippen LogP contribution in [0.1, 0.15) is 17.5 Å². The van der Waals surface area contributed by atoms with E-state index in [1.165, 1.54) is 14.0 Å². The minimum Gasteiger partial charge on any atom is -0.495 e. The highest BCUT2D eigenvalue weighted by Crippen LogP contribution is 2.30. The van der Waals surface area contributed by atoms with Gasteiger partial charge in [0.05, 0.1) is 17.3 Å². The lowest BCUT2D eigenvalue weighted by molar-refractivity contribution is -0.114. The van der Waals surface area contributed by atoms with Crippen LogP contribution in [0.5, 0.6) is 5.75 Å². The molecule has 3 rings (SSSR count). The fourth-order valence-electron chi connectivity index (χ4n) is 2.41. The number of fused-ring (bicyclic) bond motifs is 1. The van der Waals surface area contributed by atoms with Crippen LogP contribution in [0.4, 0.5) is 11.4 Å². The van der Waals surface area contributed by atoms with E-state index >= 15 is 0 Å². The second-order valence-corrected chi connectivity index (χ2v) is 6.17. The maximum Gasteiger partial charge on any atom is 0.291 e. The predicted molar refractivity (Wildman–Crippen MR) is 99.2 cm³/mol. The molecule has 25 heavy (non-hydrogen) atoms. The number of amides is 2. The number of methoxy groups -OCH3 is 1. The van der Waals surface area contributed by atoms with Gasteiger partial charge in [0.2, 0.25) is 5.91 Å². The smallest absolute Gasteiger partial charge is 0.291 e. The number of furan rings is 1. The molecule has 2 aromatic carbocycles. The van der Waals surface area contributed by atoms with Gasteiger partial charge in [-0.05, 0) is 46.3 Å². The second-order valence-electron chi connectivity index (χ2n) is 5.32. The van der Waals surface area contributed by atoms with Gasteiger partial charge < -0.3 is 19.8 Å². The summed E-state index contributed by atoms with van der Waals surface area (Å²) in [7, 11) is 1.50. The number of rotatable bonds is 4. The number of carbonyl (C=O) groups is 2. The minimum absolute atomic E-state index is 0.175. The molecule has 2 amide bonds. The summed E-state index contributed by atoms with van der Waals surface area (Å²) in [5.74, 6) is 0.0274. The Morgan fingerprint density at radius 2 is 1.92 bits per heavy atom. The van der Waals surface area contributed by atoms with E-state index in [0.717, 1.165) is 9.86 Å². The predicted octanol–water partition coefficient (Wildman–Crippen LogP) is 4.41. The van der Waals surface area contributed by atoms with E-state index in [1.54, 1.807) is 24.3 Å². The third-order valence-electron chi connectivity index (χ3n) is 3.49. The SMILES string of the molecule is COc1ccc(NC(C)=O)cc1NC(=O)c1cc2cccc(Br)c2o1. The van der Waals surface area contributed by atoms with Gasteiger partial charge in [0.1, 0.15) is 11.3 Å². The van der Waals surface area contributed by atoms with Gasteiger partial charge >= 0.3 is 0 Å². The average molecular weight is 403 g/mol. The van der Waals surface area contributed by atoms with Gasteiger partial charge in [0.25, 0.3) is 5.91 Å². The molecule has 0 atom stereocenters. The zero-order valence-corrected chi connectivity index (χ0v) is 15.1. The Balaban J connectivity index is 1.90. The molecule has 0 bridgehead atoms. The topological polar surface area (TPSA) is 80.6 Å². The first-order valence-electron chi connectivity index (χ1n) is 7.43. The van der Waals surface area contributed by atoms with Crippen molar-refractivity contribution in [1.82, 2.24) is 0 Å². The Labute approximate surface area is 152 Å². The molecule has 6 nitrogen and oxygen atoms in total. The molecule has 1 aromatic heterocycles. The zero-order chi connectivity index (χ0) is 18.0. The average Bonchev–Trinajstić information content (AvgIpc) is 3.00. The number of ether oxygens (including phenoxy) is 1. The molecule has 7 heteroatoms. The van der Waals surface area contributed by atoms with Crippen molar-refractivity contribution in [1.29, 1.82) is 0 Å². The van der Waals surface area contributed by atoms with E-state index in [-0.39, 0.29) is 11.7 Å². The number of hydrogen-bond donors (Lipinski definition) is 2. The van der Waals surface area contributed by atoms with Gasteiger partial charge in [-0.1, -0.05) is 12.1 Å². The maximum absolute atomic E-state index is 12.5. The minimum atomic E-state index is -0.415. The monoisotopic (exact) mass is 402 g/mol. The molecule has 0 saturated heterocycles. The van der Waals surface area contributed by atoms with E-state index < -0.39 is 5.91 Å². The van der Waals surface area contributed by atoms with Crippen LogP contribution in [0.15, 0.2) is 51.4 Å². The molecule has 0 aliphatic heterocycles. The summed E-state index contributed by atoms with van der Waals surface area (Å²) in [5.41, 5.74) is 1.58. The highest BCUT2D eigenvalue weighted by Gasteiger charge is 2.16. The summed E-state index contributed by atoms with van der Waals surface area (Å²) in [5, 5.41) is 6.23. The Hall–Kier alpha value is -2.80. The summed E-state index contributed by atoms with van der Waals surface area (Å²) in [6.45, 7) is 1.41. The molecular formula is C18H15BrN2O4. The van der Waals surface area contributed by atoms with Crippen molar-refractivity contribution in [2.45, 2.75) is 6.92 Å². The standard InChI is InChI=1S/C18H15BrN2O4/c1-10(22)20-12-6-7-15(24-2)14(9-12)21-18(23)16-8-11-4-3-5-13(19)17(11)25-16/h3-9H,1-2H3,(H,20,22)(H,21,23). The van der Waals surface area contributed by atoms with Crippen LogP contribution in [-0.2, 0) is 4.79 Å². The van der Waals surface area contributed by atoms with Gasteiger partial charge in [-0.2, -0.15) is 0 Å². The Bertz CT molecular complexity index is 965. The van der Waals surface area contributed by atoms with Gasteiger partial charge in [-0.15, -0.1) is 0 Å². The van der Waals surface area contributed by atoms with Crippen LogP contribution in [0.2, 0.25) is 0 Å². The molecule has 0 fully saturated rings. The van der Waals surface area contributed by atoms with Gasteiger partial charge in [-0.3, -0.25) is 9.59 Å². The first-order valence-corrected chi connectivity index (χ1v) is 8.22. The fourth-order valence-corrected chi connectivity index (χ4v) is 2.87. The number of anilines is 2. The quantitative estimate of drug-likeness (QED) is 0.676. The largest absolute Gasteiger partial charge is 0.495 e. The number of halogens is 1. The first kappa shape index (κ1) is 17.0. The summed E-state index contributed by atoms with van der Waals surface area (Å²) in [4.78, 5) is 23.7. The third kappa shape index (κ3) is 3.66. The lowest BCUT2D eigenvalue weighted by Crippen LogP contribution is -2.12. The molecule has 128 valence electrons. The van der Waals surface area contributed by atoms with E-state index in [0.29, 0.717) is 22.7 Å². The summed E-state index contributed by atoms with van der Waals surface area (Å²) in [6, 6.07) is 12.2. The normalized spacial score (nSPS) is 10.5. The van der Waals surface area contributed by atoms with Gasteiger partial charge in [-0.25, -0.2) is 0 Å². The Morgan fingerprint density at radius 3 is 2.60 bits per heavy atom. The molecule has 0 spiro atoms. The number of para-hydroxylation sites is 1. The molecule has 0 aliphatic rings. The summed E-state index contributed by atoms with van der Waals surface area (Å²) in [6.07, 6.45) is 0. The highest BCUT2D eigenvalue weighted by atomic mass is 79.9. The number of benzene rings is 2. The van der Waals surface area contributed by atoms with E-state index in [9.17, 15) is 9.59 Å². The lowest BCUT2D eigenvalue weighted by Gasteiger charge is -2.11. The van der Waals surface area contributed by atoms with Crippen LogP contribution < -0.4 is 15.4 Å². The lowest BCUT2D eigenvalue weighted by atomic mass is 10.2. The molecular weight excluding hydrogens is 388 g/mol. The molecule has 3 aromatic rings. The Kier molecular flexibility index (Phi) is 4.76. The summed E-state index contributed by atoms with van der Waals surface area (Å²) < 4.78 is 11.7. The molecule has 1 heterocycles. The van der Waals surface area contributed by atoms with Crippen LogP contribution in [0, 0.1) is 0 Å². The molecule has 0 aliphatic carbocycles. The maximum atomic E-state index is 12.5. The van der Waals surface area contributed by atoms with Crippen molar-refractivity contribution in [2.24, 2.45) is 0 Å². The van der Waals surface area contributed by atoms with Crippen molar-refractivity contribution in [3.63, 3.8) is 0 Å². The van der Waals surface area contributed by atoms with Crippen LogP contribution in [-0.4, -0.2) is 18.9 Å². The molecule has 0 unspecified atom stereocenters. The second kappa shape index (κ2) is 6.98. The summed E-state index contributed by atoms with van der Waals surface area (Å²) >= 11 is 3.40. The number of hydrogen-bond acceptors (Lipinski definition) is 4. The van der Waals surface area contributed by atoms with E-state index in [2.05, 4.69) is 26.6 Å². The molecule has 2 N–H and O–H groups in total. The fraction of sp³-hybridized carbons (Fsp3) is 0.111. The molecule has 0 radical (unpaired) electrons. The van der Waals surface area contributed by atoms with E-state index in [1.807, 2.05) is 18.2 Å². The zero-order valence-electron chi connectivity index (χ0n) is 13.6. The van der Waals surface area contributed by atoms with Crippen molar-refractivity contribution >= 4 is 50.1 Å². The first-order chi connectivity index (χ1) is 12.0.